The molecule has 0 aromatic rings. The molecule has 3 nitrogen and oxygen atoms in total. The Kier molecular flexibility index (Phi) is 3.64. The van der Waals surface area contributed by atoms with Gasteiger partial charge in [-0.1, -0.05) is 6.92 Å². The lowest BCUT2D eigenvalue weighted by atomic mass is 10.7. The third-order valence-electron chi connectivity index (χ3n) is 0.590. The lowest BCUT2D eigenvalue weighted by Gasteiger charge is -2.00. The van der Waals surface area contributed by atoms with Crippen LogP contribution in [0.25, 0.3) is 0 Å². The topological polar surface area (TPSA) is 63.3 Å². The molecule has 0 aromatic carbocycles. The molecule has 8 heavy (non-hydrogen) atoms. The fourth-order valence-electron chi connectivity index (χ4n) is 0.251. The van der Waals surface area contributed by atoms with Crippen molar-refractivity contribution in [2.75, 3.05) is 5.75 Å². The summed E-state index contributed by atoms with van der Waals surface area (Å²) in [5, 5.41) is 7.42. The van der Waals surface area contributed by atoms with Crippen LogP contribution in [-0.2, 0) is 4.79 Å². The summed E-state index contributed by atoms with van der Waals surface area (Å²) in [4.78, 5) is 9.94. The van der Waals surface area contributed by atoms with E-state index < -0.39 is 11.3 Å². The summed E-state index contributed by atoms with van der Waals surface area (Å²) in [7, 11) is 0. The zero-order valence-electron chi connectivity index (χ0n) is 4.63. The number of hydrogen-bond donors (Lipinski definition) is 2. The van der Waals surface area contributed by atoms with E-state index in [0.717, 1.165) is 5.75 Å². The lowest BCUT2D eigenvalue weighted by molar-refractivity contribution is -0.136. The largest absolute Gasteiger partial charge is 0.479 e. The maximum atomic E-state index is 9.94. The van der Waals surface area contributed by atoms with Crippen LogP contribution >= 0.6 is 11.8 Å². The molecule has 0 fully saturated rings. The number of thioether (sulfide) groups is 1. The second kappa shape index (κ2) is 3.74. The van der Waals surface area contributed by atoms with Gasteiger partial charge < -0.3 is 10.8 Å². The summed E-state index contributed by atoms with van der Waals surface area (Å²) in [6.45, 7) is 1.87. The highest BCUT2D eigenvalue weighted by Crippen LogP contribution is 2.02. The zero-order chi connectivity index (χ0) is 6.57. The average Bonchev–Trinajstić information content (AvgIpc) is 1.67. The van der Waals surface area contributed by atoms with Crippen LogP contribution in [-0.4, -0.2) is 22.2 Å². The molecule has 0 saturated carbocycles. The minimum absolute atomic E-state index is 0.744. The van der Waals surface area contributed by atoms with Crippen LogP contribution in [0.5, 0.6) is 0 Å². The van der Waals surface area contributed by atoms with E-state index in [2.05, 4.69) is 0 Å². The van der Waals surface area contributed by atoms with Crippen LogP contribution in [0.3, 0.4) is 0 Å². The summed E-state index contributed by atoms with van der Waals surface area (Å²) in [5.74, 6) is -0.204. The average molecular weight is 135 g/mol. The van der Waals surface area contributed by atoms with Crippen molar-refractivity contribution in [1.29, 1.82) is 0 Å². The first-order chi connectivity index (χ1) is 3.68. The molecule has 0 aliphatic carbocycles. The van der Waals surface area contributed by atoms with Crippen LogP contribution in [0.1, 0.15) is 6.92 Å². The van der Waals surface area contributed by atoms with E-state index in [-0.39, 0.29) is 0 Å². The van der Waals surface area contributed by atoms with Gasteiger partial charge in [0, 0.05) is 0 Å². The van der Waals surface area contributed by atoms with E-state index in [1.807, 2.05) is 6.92 Å². The summed E-state index contributed by atoms with van der Waals surface area (Å²) in [6, 6.07) is 0. The number of rotatable bonds is 3. The SMILES string of the molecule is CCSC(N)C(=O)O. The number of nitrogens with two attached hydrogens (primary N) is 1. The Morgan fingerprint density at radius 2 is 2.50 bits per heavy atom. The third kappa shape index (κ3) is 2.87. The maximum Gasteiger partial charge on any atom is 0.330 e. The summed E-state index contributed by atoms with van der Waals surface area (Å²) in [5.41, 5.74) is 5.09. The molecule has 0 bridgehead atoms. The number of carbonyl (C=O) groups is 1. The monoisotopic (exact) mass is 135 g/mol. The van der Waals surface area contributed by atoms with Gasteiger partial charge in [-0.15, -0.1) is 11.8 Å². The lowest BCUT2D eigenvalue weighted by Crippen LogP contribution is -2.26. The van der Waals surface area contributed by atoms with E-state index >= 15 is 0 Å². The Balaban J connectivity index is 3.32. The summed E-state index contributed by atoms with van der Waals surface area (Å²) < 4.78 is 0. The zero-order valence-corrected chi connectivity index (χ0v) is 5.44. The van der Waals surface area contributed by atoms with Crippen molar-refractivity contribution in [1.82, 2.24) is 0 Å². The molecule has 1 atom stereocenters. The molecule has 1 unspecified atom stereocenters. The van der Waals surface area contributed by atoms with Crippen molar-refractivity contribution in [3.05, 3.63) is 0 Å². The molecule has 0 aromatic heterocycles. The molecule has 0 rings (SSSR count). The van der Waals surface area contributed by atoms with Gasteiger partial charge in [-0.05, 0) is 5.75 Å². The Morgan fingerprint density at radius 3 is 2.62 bits per heavy atom. The fraction of sp³-hybridized carbons (Fsp3) is 0.750. The third-order valence-corrected chi connectivity index (χ3v) is 1.48. The molecule has 0 heterocycles. The van der Waals surface area contributed by atoms with E-state index in [4.69, 9.17) is 10.8 Å². The van der Waals surface area contributed by atoms with Crippen molar-refractivity contribution in [3.8, 4) is 0 Å². The quantitative estimate of drug-likeness (QED) is 0.539. The van der Waals surface area contributed by atoms with Gasteiger partial charge in [0.05, 0.1) is 0 Å². The second-order valence-electron chi connectivity index (χ2n) is 1.21. The highest BCUT2D eigenvalue weighted by molar-refractivity contribution is 8.00. The van der Waals surface area contributed by atoms with Crippen molar-refractivity contribution < 1.29 is 9.90 Å². The molecule has 48 valence electrons. The fourth-order valence-corrected chi connectivity index (χ4v) is 0.753. The summed E-state index contributed by atoms with van der Waals surface area (Å²) >= 11 is 1.22. The molecule has 0 aliphatic heterocycles. The van der Waals surface area contributed by atoms with Gasteiger partial charge in [0.2, 0.25) is 0 Å². The Labute approximate surface area is 52.3 Å². The molecule has 0 spiro atoms. The first-order valence-corrected chi connectivity index (χ1v) is 3.33. The number of carboxylic acids is 1. The Hall–Kier alpha value is -0.220. The Morgan fingerprint density at radius 1 is 2.00 bits per heavy atom. The van der Waals surface area contributed by atoms with Crippen molar-refractivity contribution in [3.63, 3.8) is 0 Å². The highest BCUT2D eigenvalue weighted by atomic mass is 32.2. The number of aliphatic carboxylic acids is 1. The first kappa shape index (κ1) is 7.78. The smallest absolute Gasteiger partial charge is 0.330 e. The number of carboxylic acid groups (broad SMARTS) is 1. The van der Waals surface area contributed by atoms with Gasteiger partial charge in [0.15, 0.2) is 0 Å². The molecule has 0 saturated heterocycles. The van der Waals surface area contributed by atoms with Crippen LogP contribution in [0.2, 0.25) is 0 Å². The molecule has 3 N–H and O–H groups in total. The predicted molar refractivity (Wildman–Crippen MR) is 33.7 cm³/mol. The number of hydrogen-bond acceptors (Lipinski definition) is 3. The first-order valence-electron chi connectivity index (χ1n) is 2.28. The normalized spacial score (nSPS) is 13.2. The van der Waals surface area contributed by atoms with E-state index in [1.165, 1.54) is 11.8 Å². The van der Waals surface area contributed by atoms with Gasteiger partial charge in [-0.25, -0.2) is 4.79 Å². The van der Waals surface area contributed by atoms with Crippen LogP contribution in [0, 0.1) is 0 Å². The van der Waals surface area contributed by atoms with E-state index in [9.17, 15) is 4.79 Å². The Bertz CT molecular complexity index is 86.1. The van der Waals surface area contributed by atoms with Crippen LogP contribution in [0.15, 0.2) is 0 Å². The van der Waals surface area contributed by atoms with Gasteiger partial charge in [0.25, 0.3) is 0 Å². The van der Waals surface area contributed by atoms with Gasteiger partial charge >= 0.3 is 5.97 Å². The standard InChI is InChI=1S/C4H9NO2S/c1-2-8-3(5)4(6)7/h3H,2,5H2,1H3,(H,6,7). The maximum absolute atomic E-state index is 9.94. The molecular weight excluding hydrogens is 126 g/mol. The van der Waals surface area contributed by atoms with E-state index in [0.29, 0.717) is 0 Å². The van der Waals surface area contributed by atoms with E-state index in [1.54, 1.807) is 0 Å². The van der Waals surface area contributed by atoms with Crippen LogP contribution in [0.4, 0.5) is 0 Å². The van der Waals surface area contributed by atoms with Crippen LogP contribution < -0.4 is 5.73 Å². The minimum atomic E-state index is -0.947. The molecule has 0 aliphatic rings. The molecular formula is C4H9NO2S. The van der Waals surface area contributed by atoms with Crippen molar-refractivity contribution in [2.24, 2.45) is 5.73 Å². The van der Waals surface area contributed by atoms with Crippen molar-refractivity contribution in [2.45, 2.75) is 12.3 Å². The highest BCUT2D eigenvalue weighted by Gasteiger charge is 2.08. The minimum Gasteiger partial charge on any atom is -0.479 e. The van der Waals surface area contributed by atoms with Gasteiger partial charge in [0.1, 0.15) is 5.37 Å². The van der Waals surface area contributed by atoms with Gasteiger partial charge in [-0.3, -0.25) is 0 Å². The summed E-state index contributed by atoms with van der Waals surface area (Å²) in [6.07, 6.45) is 0. The molecule has 0 radical (unpaired) electrons. The molecule has 0 amide bonds. The predicted octanol–water partition coefficient (Wildman–Crippen LogP) is 0.109. The molecule has 4 heteroatoms. The van der Waals surface area contributed by atoms with Crippen molar-refractivity contribution >= 4 is 17.7 Å². The second-order valence-corrected chi connectivity index (χ2v) is 2.63. The van der Waals surface area contributed by atoms with Gasteiger partial charge in [-0.2, -0.15) is 0 Å².